The van der Waals surface area contributed by atoms with E-state index in [0.29, 0.717) is 10.0 Å². The third-order valence-electron chi connectivity index (χ3n) is 2.14. The van der Waals surface area contributed by atoms with Gasteiger partial charge in [0.15, 0.2) is 0 Å². The maximum atomic E-state index is 10.4. The Labute approximate surface area is 96.8 Å². The Morgan fingerprint density at radius 1 is 1.33 bits per heavy atom. The maximum absolute atomic E-state index is 10.4. The van der Waals surface area contributed by atoms with E-state index in [9.17, 15) is 4.79 Å². The van der Waals surface area contributed by atoms with E-state index in [1.807, 2.05) is 0 Å². The van der Waals surface area contributed by atoms with Gasteiger partial charge in [-0.3, -0.25) is 4.98 Å². The van der Waals surface area contributed by atoms with Crippen LogP contribution in [0.1, 0.15) is 5.56 Å². The SMILES string of the molecule is O=CCc1cnc2cc(Cl)ccc2c1Cl. The third kappa shape index (κ3) is 1.96. The molecule has 76 valence electrons. The van der Waals surface area contributed by atoms with Gasteiger partial charge in [-0.05, 0) is 23.8 Å². The first-order valence-electron chi connectivity index (χ1n) is 4.38. The monoisotopic (exact) mass is 239 g/mol. The van der Waals surface area contributed by atoms with Crippen molar-refractivity contribution in [1.29, 1.82) is 0 Å². The lowest BCUT2D eigenvalue weighted by molar-refractivity contribution is -0.107. The zero-order valence-corrected chi connectivity index (χ0v) is 9.22. The number of aldehydes is 1. The van der Waals surface area contributed by atoms with Gasteiger partial charge in [0.05, 0.1) is 10.5 Å². The van der Waals surface area contributed by atoms with Crippen molar-refractivity contribution in [2.45, 2.75) is 6.42 Å². The van der Waals surface area contributed by atoms with Gasteiger partial charge in [0, 0.05) is 23.0 Å². The van der Waals surface area contributed by atoms with Crippen molar-refractivity contribution in [1.82, 2.24) is 4.98 Å². The Hall–Kier alpha value is -1.12. The Bertz CT molecular complexity index is 525. The van der Waals surface area contributed by atoms with Crippen molar-refractivity contribution in [3.8, 4) is 0 Å². The van der Waals surface area contributed by atoms with Gasteiger partial charge in [-0.1, -0.05) is 23.2 Å². The average molecular weight is 240 g/mol. The lowest BCUT2D eigenvalue weighted by atomic mass is 10.1. The van der Waals surface area contributed by atoms with Crippen molar-refractivity contribution in [3.05, 3.63) is 40.0 Å². The van der Waals surface area contributed by atoms with Gasteiger partial charge in [0.1, 0.15) is 6.29 Å². The molecule has 0 atom stereocenters. The number of nitrogens with zero attached hydrogens (tertiary/aromatic N) is 1. The summed E-state index contributed by atoms with van der Waals surface area (Å²) in [5.74, 6) is 0. The molecule has 0 unspecified atom stereocenters. The Kier molecular flexibility index (Phi) is 2.89. The molecule has 2 nitrogen and oxygen atoms in total. The molecular formula is C11H7Cl2NO. The number of carbonyl (C=O) groups is 1. The normalized spacial score (nSPS) is 10.5. The van der Waals surface area contributed by atoms with Crippen molar-refractivity contribution >= 4 is 40.4 Å². The minimum absolute atomic E-state index is 0.282. The van der Waals surface area contributed by atoms with Crippen LogP contribution in [0.5, 0.6) is 0 Å². The molecular weight excluding hydrogens is 233 g/mol. The molecule has 0 N–H and O–H groups in total. The highest BCUT2D eigenvalue weighted by Gasteiger charge is 2.06. The van der Waals surface area contributed by atoms with Gasteiger partial charge in [-0.2, -0.15) is 0 Å². The molecule has 0 amide bonds. The lowest BCUT2D eigenvalue weighted by Crippen LogP contribution is -1.91. The van der Waals surface area contributed by atoms with Gasteiger partial charge in [0.2, 0.25) is 0 Å². The van der Waals surface area contributed by atoms with E-state index in [-0.39, 0.29) is 6.42 Å². The topological polar surface area (TPSA) is 30.0 Å². The molecule has 15 heavy (non-hydrogen) atoms. The van der Waals surface area contributed by atoms with Crippen molar-refractivity contribution < 1.29 is 4.79 Å². The van der Waals surface area contributed by atoms with Gasteiger partial charge in [-0.15, -0.1) is 0 Å². The summed E-state index contributed by atoms with van der Waals surface area (Å²) in [5.41, 5.74) is 1.48. The van der Waals surface area contributed by atoms with Crippen LogP contribution < -0.4 is 0 Å². The van der Waals surface area contributed by atoms with Crippen molar-refractivity contribution in [2.24, 2.45) is 0 Å². The predicted octanol–water partition coefficient (Wildman–Crippen LogP) is 3.28. The smallest absolute Gasteiger partial charge is 0.124 e. The zero-order valence-electron chi connectivity index (χ0n) is 7.71. The molecule has 0 spiro atoms. The number of pyridine rings is 1. The van der Waals surface area contributed by atoms with E-state index in [2.05, 4.69) is 4.98 Å². The van der Waals surface area contributed by atoms with Crippen LogP contribution in [0.15, 0.2) is 24.4 Å². The van der Waals surface area contributed by atoms with E-state index >= 15 is 0 Å². The van der Waals surface area contributed by atoms with Crippen LogP contribution in [0.4, 0.5) is 0 Å². The number of hydrogen-bond acceptors (Lipinski definition) is 2. The Morgan fingerprint density at radius 3 is 2.87 bits per heavy atom. The van der Waals surface area contributed by atoms with Gasteiger partial charge >= 0.3 is 0 Å². The van der Waals surface area contributed by atoms with Crippen LogP contribution >= 0.6 is 23.2 Å². The fraction of sp³-hybridized carbons (Fsp3) is 0.0909. The number of fused-ring (bicyclic) bond motifs is 1. The third-order valence-corrected chi connectivity index (χ3v) is 2.82. The second kappa shape index (κ2) is 4.17. The summed E-state index contributed by atoms with van der Waals surface area (Å²) < 4.78 is 0. The van der Waals surface area contributed by atoms with E-state index < -0.39 is 0 Å². The largest absolute Gasteiger partial charge is 0.303 e. The highest BCUT2D eigenvalue weighted by molar-refractivity contribution is 6.37. The number of carbonyl (C=O) groups excluding carboxylic acids is 1. The molecule has 1 aromatic carbocycles. The molecule has 4 heteroatoms. The molecule has 0 aliphatic rings. The van der Waals surface area contributed by atoms with Crippen molar-refractivity contribution in [3.63, 3.8) is 0 Å². The predicted molar refractivity (Wildman–Crippen MR) is 61.5 cm³/mol. The summed E-state index contributed by atoms with van der Waals surface area (Å²) in [5, 5.41) is 2.01. The molecule has 2 rings (SSSR count). The number of benzene rings is 1. The molecule has 1 aromatic heterocycles. The Balaban J connectivity index is 2.68. The first kappa shape index (κ1) is 10.4. The van der Waals surface area contributed by atoms with Crippen LogP contribution in [0.25, 0.3) is 10.9 Å². The lowest BCUT2D eigenvalue weighted by Gasteiger charge is -2.04. The molecule has 0 saturated heterocycles. The molecule has 0 saturated carbocycles. The molecule has 0 bridgehead atoms. The fourth-order valence-corrected chi connectivity index (χ4v) is 1.86. The second-order valence-corrected chi connectivity index (χ2v) is 3.94. The number of aromatic nitrogens is 1. The van der Waals surface area contributed by atoms with Gasteiger partial charge < -0.3 is 4.79 Å². The summed E-state index contributed by atoms with van der Waals surface area (Å²) in [7, 11) is 0. The summed E-state index contributed by atoms with van der Waals surface area (Å²) in [6.07, 6.45) is 2.70. The average Bonchev–Trinajstić information content (AvgIpc) is 2.22. The number of rotatable bonds is 2. The summed E-state index contributed by atoms with van der Waals surface area (Å²) in [6.45, 7) is 0. The van der Waals surface area contributed by atoms with Gasteiger partial charge in [-0.25, -0.2) is 0 Å². The molecule has 0 fully saturated rings. The highest BCUT2D eigenvalue weighted by atomic mass is 35.5. The molecule has 0 radical (unpaired) electrons. The van der Waals surface area contributed by atoms with Crippen molar-refractivity contribution in [2.75, 3.05) is 0 Å². The van der Waals surface area contributed by atoms with E-state index in [1.54, 1.807) is 24.4 Å². The van der Waals surface area contributed by atoms with Crippen LogP contribution in [0.3, 0.4) is 0 Å². The number of hydrogen-bond donors (Lipinski definition) is 0. The van der Waals surface area contributed by atoms with Crippen LogP contribution in [-0.4, -0.2) is 11.3 Å². The summed E-state index contributed by atoms with van der Waals surface area (Å²) in [6, 6.07) is 5.30. The molecule has 1 heterocycles. The molecule has 2 aromatic rings. The quantitative estimate of drug-likeness (QED) is 0.754. The van der Waals surface area contributed by atoms with Crippen LogP contribution in [0, 0.1) is 0 Å². The molecule has 0 aliphatic heterocycles. The highest BCUT2D eigenvalue weighted by Crippen LogP contribution is 2.27. The minimum Gasteiger partial charge on any atom is -0.303 e. The zero-order chi connectivity index (χ0) is 10.8. The Morgan fingerprint density at radius 2 is 2.13 bits per heavy atom. The molecule has 0 aliphatic carbocycles. The first-order valence-corrected chi connectivity index (χ1v) is 5.14. The summed E-state index contributed by atoms with van der Waals surface area (Å²) >= 11 is 12.0. The minimum atomic E-state index is 0.282. The standard InChI is InChI=1S/C11H7Cl2NO/c12-8-1-2-9-10(5-8)14-6-7(3-4-15)11(9)13/h1-2,4-6H,3H2. The maximum Gasteiger partial charge on any atom is 0.124 e. The number of halogens is 2. The first-order chi connectivity index (χ1) is 7.22. The fourth-order valence-electron chi connectivity index (χ4n) is 1.41. The van der Waals surface area contributed by atoms with E-state index in [0.717, 1.165) is 22.8 Å². The second-order valence-electron chi connectivity index (χ2n) is 3.13. The van der Waals surface area contributed by atoms with E-state index in [1.165, 1.54) is 0 Å². The van der Waals surface area contributed by atoms with Gasteiger partial charge in [0.25, 0.3) is 0 Å². The van der Waals surface area contributed by atoms with E-state index in [4.69, 9.17) is 23.2 Å². The van der Waals surface area contributed by atoms with Crippen LogP contribution in [-0.2, 0) is 11.2 Å². The van der Waals surface area contributed by atoms with Crippen LogP contribution in [0.2, 0.25) is 10.0 Å². The summed E-state index contributed by atoms with van der Waals surface area (Å²) in [4.78, 5) is 14.6.